The number of pyridine rings is 1. The smallest absolute Gasteiger partial charge is 0.243 e. The van der Waals surface area contributed by atoms with Crippen molar-refractivity contribution in [1.29, 1.82) is 0 Å². The van der Waals surface area contributed by atoms with Crippen LogP contribution in [0.2, 0.25) is 0 Å². The molecule has 32 heavy (non-hydrogen) atoms. The molecule has 0 saturated heterocycles. The largest absolute Gasteiger partial charge is 0.373 e. The van der Waals surface area contributed by atoms with Crippen molar-refractivity contribution >= 4 is 31.3 Å². The number of nitrogens with one attached hydrogen (secondary N) is 2. The number of hydrogen-bond acceptors (Lipinski definition) is 7. The van der Waals surface area contributed by atoms with Crippen molar-refractivity contribution in [1.82, 2.24) is 10.3 Å². The molecule has 0 saturated carbocycles. The fraction of sp³-hybridized carbons (Fsp3) is 0.182. The number of sulfone groups is 2. The van der Waals surface area contributed by atoms with Crippen LogP contribution in [0.1, 0.15) is 11.1 Å². The van der Waals surface area contributed by atoms with Crippen LogP contribution in [-0.2, 0) is 37.4 Å². The van der Waals surface area contributed by atoms with E-state index in [-0.39, 0.29) is 33.2 Å². The quantitative estimate of drug-likeness (QED) is 0.564. The molecule has 0 radical (unpaired) electrons. The summed E-state index contributed by atoms with van der Waals surface area (Å²) in [5.74, 6) is -0.149. The van der Waals surface area contributed by atoms with Gasteiger partial charge in [0, 0.05) is 37.3 Å². The molecule has 166 valence electrons. The number of hydrogen-bond donors (Lipinski definition) is 2. The zero-order valence-electron chi connectivity index (χ0n) is 17.1. The highest BCUT2D eigenvalue weighted by molar-refractivity contribution is 7.91. The van der Waals surface area contributed by atoms with Gasteiger partial charge in [0.05, 0.1) is 14.7 Å². The Bertz CT molecular complexity index is 1340. The SMILES string of the molecule is CS(=O)(=O)c1ccc(S(=O)(=O)c2ccc(CNC(=O)C3Cc4cnccc4N3)cc2)cc1. The van der Waals surface area contributed by atoms with Gasteiger partial charge in [-0.05, 0) is 53.6 Å². The third-order valence-corrected chi connectivity index (χ3v) is 8.15. The molecule has 0 fully saturated rings. The van der Waals surface area contributed by atoms with Gasteiger partial charge in [0.15, 0.2) is 9.84 Å². The molecule has 3 aromatic rings. The number of rotatable bonds is 6. The Labute approximate surface area is 186 Å². The molecular weight excluding hydrogens is 450 g/mol. The topological polar surface area (TPSA) is 122 Å². The number of anilines is 1. The monoisotopic (exact) mass is 471 g/mol. The van der Waals surface area contributed by atoms with Gasteiger partial charge in [0.25, 0.3) is 0 Å². The first-order valence-electron chi connectivity index (χ1n) is 9.76. The van der Waals surface area contributed by atoms with E-state index >= 15 is 0 Å². The van der Waals surface area contributed by atoms with E-state index < -0.39 is 19.7 Å². The predicted molar refractivity (Wildman–Crippen MR) is 119 cm³/mol. The molecule has 0 aliphatic carbocycles. The molecule has 2 heterocycles. The number of benzene rings is 2. The molecule has 4 rings (SSSR count). The predicted octanol–water partition coefficient (Wildman–Crippen LogP) is 1.97. The van der Waals surface area contributed by atoms with Gasteiger partial charge in [-0.1, -0.05) is 12.1 Å². The molecule has 2 aromatic carbocycles. The van der Waals surface area contributed by atoms with Gasteiger partial charge in [0.2, 0.25) is 15.7 Å². The van der Waals surface area contributed by atoms with E-state index in [9.17, 15) is 21.6 Å². The second-order valence-electron chi connectivity index (χ2n) is 7.54. The van der Waals surface area contributed by atoms with Crippen molar-refractivity contribution in [3.8, 4) is 0 Å². The van der Waals surface area contributed by atoms with E-state index in [1.165, 1.54) is 36.4 Å². The van der Waals surface area contributed by atoms with Gasteiger partial charge in [-0.3, -0.25) is 9.78 Å². The number of carbonyl (C=O) groups excluding carboxylic acids is 1. The maximum absolute atomic E-state index is 12.8. The van der Waals surface area contributed by atoms with Crippen molar-refractivity contribution in [2.75, 3.05) is 11.6 Å². The zero-order valence-corrected chi connectivity index (χ0v) is 18.8. The molecule has 1 atom stereocenters. The van der Waals surface area contributed by atoms with Crippen LogP contribution in [0.5, 0.6) is 0 Å². The second kappa shape index (κ2) is 8.36. The number of fused-ring (bicyclic) bond motifs is 1. The average molecular weight is 472 g/mol. The lowest BCUT2D eigenvalue weighted by atomic mass is 10.1. The minimum Gasteiger partial charge on any atom is -0.373 e. The number of amides is 1. The molecule has 8 nitrogen and oxygen atoms in total. The summed E-state index contributed by atoms with van der Waals surface area (Å²) in [6, 6.07) is 12.8. The molecular formula is C22H21N3O5S2. The Morgan fingerprint density at radius 3 is 2.16 bits per heavy atom. The lowest BCUT2D eigenvalue weighted by molar-refractivity contribution is -0.121. The Kier molecular flexibility index (Phi) is 5.74. The van der Waals surface area contributed by atoms with Crippen molar-refractivity contribution in [2.45, 2.75) is 33.7 Å². The van der Waals surface area contributed by atoms with Gasteiger partial charge in [0.1, 0.15) is 6.04 Å². The third kappa shape index (κ3) is 4.51. The summed E-state index contributed by atoms with van der Waals surface area (Å²) in [5, 5.41) is 6.02. The summed E-state index contributed by atoms with van der Waals surface area (Å²) >= 11 is 0. The van der Waals surface area contributed by atoms with Gasteiger partial charge in [-0.25, -0.2) is 16.8 Å². The molecule has 0 spiro atoms. The van der Waals surface area contributed by atoms with Crippen molar-refractivity contribution < 1.29 is 21.6 Å². The van der Waals surface area contributed by atoms with Gasteiger partial charge >= 0.3 is 0 Å². The van der Waals surface area contributed by atoms with E-state index in [1.807, 2.05) is 6.07 Å². The van der Waals surface area contributed by atoms with Crippen molar-refractivity contribution in [3.05, 3.63) is 78.1 Å². The summed E-state index contributed by atoms with van der Waals surface area (Å²) in [5.41, 5.74) is 2.65. The first-order chi connectivity index (χ1) is 15.1. The highest BCUT2D eigenvalue weighted by Gasteiger charge is 2.26. The Morgan fingerprint density at radius 2 is 1.56 bits per heavy atom. The van der Waals surface area contributed by atoms with E-state index in [2.05, 4.69) is 15.6 Å². The van der Waals surface area contributed by atoms with Crippen molar-refractivity contribution in [3.63, 3.8) is 0 Å². The lowest BCUT2D eigenvalue weighted by Gasteiger charge is -2.12. The summed E-state index contributed by atoms with van der Waals surface area (Å²) in [4.78, 5) is 16.7. The summed E-state index contributed by atoms with van der Waals surface area (Å²) in [6.45, 7) is 0.259. The van der Waals surface area contributed by atoms with Crippen LogP contribution < -0.4 is 10.6 Å². The minimum atomic E-state index is -3.79. The lowest BCUT2D eigenvalue weighted by Crippen LogP contribution is -2.38. The van der Waals surface area contributed by atoms with Crippen LogP contribution in [0.25, 0.3) is 0 Å². The minimum absolute atomic E-state index is 0.00677. The fourth-order valence-corrected chi connectivity index (χ4v) is 5.34. The highest BCUT2D eigenvalue weighted by Crippen LogP contribution is 2.25. The molecule has 1 unspecified atom stereocenters. The maximum Gasteiger partial charge on any atom is 0.243 e. The Hall–Kier alpha value is -3.24. The van der Waals surface area contributed by atoms with E-state index in [0.29, 0.717) is 6.42 Å². The molecule has 1 aromatic heterocycles. The van der Waals surface area contributed by atoms with Crippen LogP contribution in [0.4, 0.5) is 5.69 Å². The zero-order chi connectivity index (χ0) is 22.9. The van der Waals surface area contributed by atoms with Crippen LogP contribution in [0.3, 0.4) is 0 Å². The van der Waals surface area contributed by atoms with E-state index in [0.717, 1.165) is 23.1 Å². The van der Waals surface area contributed by atoms with Crippen LogP contribution in [-0.4, -0.2) is 40.0 Å². The Morgan fingerprint density at radius 1 is 0.969 bits per heavy atom. The average Bonchev–Trinajstić information content (AvgIpc) is 3.22. The van der Waals surface area contributed by atoms with Crippen LogP contribution >= 0.6 is 0 Å². The van der Waals surface area contributed by atoms with E-state index in [4.69, 9.17) is 0 Å². The first kappa shape index (κ1) is 22.0. The molecule has 1 aliphatic rings. The molecule has 1 amide bonds. The standard InChI is InChI=1S/C22H21N3O5S2/c1-31(27,28)17-6-8-19(9-7-17)32(29,30)18-4-2-15(3-5-18)13-24-22(26)21-12-16-14-23-11-10-20(16)25-21/h2-11,14,21,25H,12-13H2,1H3,(H,24,26). The van der Waals surface area contributed by atoms with Crippen LogP contribution in [0.15, 0.2) is 81.7 Å². The second-order valence-corrected chi connectivity index (χ2v) is 11.5. The third-order valence-electron chi connectivity index (χ3n) is 5.24. The van der Waals surface area contributed by atoms with Gasteiger partial charge in [-0.15, -0.1) is 0 Å². The number of carbonyl (C=O) groups is 1. The summed E-state index contributed by atoms with van der Waals surface area (Å²) in [6.07, 6.45) is 5.03. The van der Waals surface area contributed by atoms with Gasteiger partial charge in [-0.2, -0.15) is 0 Å². The van der Waals surface area contributed by atoms with Crippen LogP contribution in [0, 0.1) is 0 Å². The van der Waals surface area contributed by atoms with Crippen molar-refractivity contribution in [2.24, 2.45) is 0 Å². The normalized spacial score (nSPS) is 15.6. The van der Waals surface area contributed by atoms with Gasteiger partial charge < -0.3 is 10.6 Å². The maximum atomic E-state index is 12.8. The number of aromatic nitrogens is 1. The summed E-state index contributed by atoms with van der Waals surface area (Å²) in [7, 11) is -7.20. The summed E-state index contributed by atoms with van der Waals surface area (Å²) < 4.78 is 48.8. The number of nitrogens with zero attached hydrogens (tertiary/aromatic N) is 1. The molecule has 10 heteroatoms. The molecule has 2 N–H and O–H groups in total. The highest BCUT2D eigenvalue weighted by atomic mass is 32.2. The molecule has 1 aliphatic heterocycles. The molecule has 0 bridgehead atoms. The van der Waals surface area contributed by atoms with E-state index in [1.54, 1.807) is 24.5 Å². The Balaban J connectivity index is 1.40. The first-order valence-corrected chi connectivity index (χ1v) is 13.1. The fourth-order valence-electron chi connectivity index (χ4n) is 3.45.